The highest BCUT2D eigenvalue weighted by atomic mass is 15.1. The van der Waals surface area contributed by atoms with E-state index in [1.807, 2.05) is 0 Å². The lowest BCUT2D eigenvalue weighted by Gasteiger charge is -2.32. The Labute approximate surface area is 377 Å². The lowest BCUT2D eigenvalue weighted by atomic mass is 9.70. The molecule has 65 heavy (non-hydrogen) atoms. The minimum absolute atomic E-state index is 0.446. The standard InChI is InChI=1S/C63H40N2/c1-2-18-45(19-3-1)64-57-29-13-9-23-50(57)52-40-44(36-39-58(52)64)41-34-37-46(38-35-41)65(59-30-14-17-43-33-32-42-16-4-5-20-47(42)61(43)59)60-31-15-28-56-62(60)51-24-8-12-27-55(51)63(56)53-25-10-6-21-48(53)49-22-7-11-26-54(49)63/h1-40H. The van der Waals surface area contributed by atoms with Crippen molar-refractivity contribution in [3.05, 3.63) is 265 Å². The van der Waals surface area contributed by atoms with Crippen LogP contribution in [0.15, 0.2) is 243 Å². The summed E-state index contributed by atoms with van der Waals surface area (Å²) in [4.78, 5) is 2.54. The molecule has 0 atom stereocenters. The number of rotatable bonds is 5. The predicted molar refractivity (Wildman–Crippen MR) is 272 cm³/mol. The Hall–Kier alpha value is -8.46. The first kappa shape index (κ1) is 36.1. The van der Waals surface area contributed by atoms with Crippen molar-refractivity contribution in [2.45, 2.75) is 5.41 Å². The number of fused-ring (bicyclic) bond motifs is 16. The van der Waals surface area contributed by atoms with Crippen LogP contribution in [0, 0.1) is 0 Å². The first-order chi connectivity index (χ1) is 32.3. The molecular formula is C63H40N2. The summed E-state index contributed by atoms with van der Waals surface area (Å²) in [6, 6.07) is 90.1. The summed E-state index contributed by atoms with van der Waals surface area (Å²) in [5.41, 5.74) is 19.5. The minimum Gasteiger partial charge on any atom is -0.309 e. The van der Waals surface area contributed by atoms with Gasteiger partial charge in [0.05, 0.1) is 27.8 Å². The van der Waals surface area contributed by atoms with Gasteiger partial charge in [-0.05, 0) is 121 Å². The van der Waals surface area contributed by atoms with Crippen molar-refractivity contribution >= 4 is 60.4 Å². The van der Waals surface area contributed by atoms with E-state index in [9.17, 15) is 0 Å². The Kier molecular flexibility index (Phi) is 7.64. The summed E-state index contributed by atoms with van der Waals surface area (Å²) in [5, 5.41) is 7.43. The molecule has 0 aliphatic heterocycles. The average molecular weight is 825 g/mol. The summed E-state index contributed by atoms with van der Waals surface area (Å²) in [5.74, 6) is 0. The van der Waals surface area contributed by atoms with Crippen LogP contribution in [0.25, 0.3) is 82.4 Å². The van der Waals surface area contributed by atoms with Crippen molar-refractivity contribution in [3.8, 4) is 39.1 Å². The van der Waals surface area contributed by atoms with Gasteiger partial charge in [-0.1, -0.05) is 188 Å². The van der Waals surface area contributed by atoms with Gasteiger partial charge in [0.2, 0.25) is 0 Å². The number of aromatic nitrogens is 1. The van der Waals surface area contributed by atoms with Gasteiger partial charge in [0, 0.05) is 33.1 Å². The van der Waals surface area contributed by atoms with Crippen molar-refractivity contribution in [1.82, 2.24) is 4.57 Å². The molecule has 1 spiro atoms. The zero-order chi connectivity index (χ0) is 42.6. The molecule has 0 saturated carbocycles. The number of nitrogens with zero attached hydrogens (tertiary/aromatic N) is 2. The number of para-hydroxylation sites is 2. The maximum absolute atomic E-state index is 2.54. The third-order valence-electron chi connectivity index (χ3n) is 14.4. The number of hydrogen-bond donors (Lipinski definition) is 0. The van der Waals surface area contributed by atoms with E-state index in [1.54, 1.807) is 0 Å². The molecule has 0 saturated heterocycles. The van der Waals surface area contributed by atoms with Crippen LogP contribution in [0.3, 0.4) is 0 Å². The van der Waals surface area contributed by atoms with Gasteiger partial charge in [-0.15, -0.1) is 0 Å². The van der Waals surface area contributed by atoms with Gasteiger partial charge in [0.15, 0.2) is 0 Å². The molecule has 302 valence electrons. The van der Waals surface area contributed by atoms with Gasteiger partial charge in [-0.25, -0.2) is 0 Å². The van der Waals surface area contributed by atoms with E-state index in [0.717, 1.165) is 17.1 Å². The van der Waals surface area contributed by atoms with Gasteiger partial charge in [-0.2, -0.15) is 0 Å². The van der Waals surface area contributed by atoms with Crippen LogP contribution in [0.2, 0.25) is 0 Å². The summed E-state index contributed by atoms with van der Waals surface area (Å²) in [7, 11) is 0. The van der Waals surface area contributed by atoms with Gasteiger partial charge >= 0.3 is 0 Å². The lowest BCUT2D eigenvalue weighted by molar-refractivity contribution is 0.794. The molecule has 2 nitrogen and oxygen atoms in total. The van der Waals surface area contributed by atoms with Crippen LogP contribution in [-0.4, -0.2) is 4.57 Å². The minimum atomic E-state index is -0.446. The van der Waals surface area contributed by atoms with E-state index in [0.29, 0.717) is 0 Å². The number of benzene rings is 11. The summed E-state index contributed by atoms with van der Waals surface area (Å²) in [6.45, 7) is 0. The van der Waals surface area contributed by atoms with E-state index < -0.39 is 5.41 Å². The van der Waals surface area contributed by atoms with Gasteiger partial charge in [0.25, 0.3) is 0 Å². The summed E-state index contributed by atoms with van der Waals surface area (Å²) in [6.07, 6.45) is 0. The van der Waals surface area contributed by atoms with Crippen molar-refractivity contribution in [1.29, 1.82) is 0 Å². The zero-order valence-electron chi connectivity index (χ0n) is 35.5. The molecule has 14 rings (SSSR count). The second-order valence-corrected chi connectivity index (χ2v) is 17.6. The molecule has 2 aliphatic carbocycles. The molecule has 0 N–H and O–H groups in total. The maximum atomic E-state index is 2.54. The molecule has 0 fully saturated rings. The molecular weight excluding hydrogens is 785 g/mol. The van der Waals surface area contributed by atoms with E-state index in [2.05, 4.69) is 252 Å². The van der Waals surface area contributed by atoms with Gasteiger partial charge in [-0.3, -0.25) is 0 Å². The molecule has 0 bridgehead atoms. The normalized spacial score (nSPS) is 13.0. The van der Waals surface area contributed by atoms with Crippen LogP contribution < -0.4 is 4.90 Å². The Morgan fingerprint density at radius 2 is 0.892 bits per heavy atom. The van der Waals surface area contributed by atoms with Crippen molar-refractivity contribution in [3.63, 3.8) is 0 Å². The van der Waals surface area contributed by atoms with Gasteiger partial charge in [0.1, 0.15) is 0 Å². The number of anilines is 3. The Balaban J connectivity index is 1.00. The summed E-state index contributed by atoms with van der Waals surface area (Å²) < 4.78 is 2.38. The Morgan fingerprint density at radius 1 is 0.338 bits per heavy atom. The first-order valence-corrected chi connectivity index (χ1v) is 22.6. The molecule has 2 aliphatic rings. The SMILES string of the molecule is c1ccc(-n2c3ccccc3c3cc(-c4ccc(N(c5cccc6c5-c5ccccc5C65c6ccccc6-c6ccccc65)c5cccc6ccc7ccccc7c56)cc4)ccc32)cc1. The molecule has 1 heterocycles. The van der Waals surface area contributed by atoms with Gasteiger partial charge < -0.3 is 9.47 Å². The molecule has 2 heteroatoms. The topological polar surface area (TPSA) is 8.17 Å². The third-order valence-corrected chi connectivity index (χ3v) is 14.4. The molecule has 0 radical (unpaired) electrons. The van der Waals surface area contributed by atoms with E-state index in [4.69, 9.17) is 0 Å². The quantitative estimate of drug-likeness (QED) is 0.157. The molecule has 12 aromatic rings. The second-order valence-electron chi connectivity index (χ2n) is 17.6. The fourth-order valence-electron chi connectivity index (χ4n) is 11.8. The first-order valence-electron chi connectivity index (χ1n) is 22.6. The molecule has 0 amide bonds. The van der Waals surface area contributed by atoms with Crippen LogP contribution in [0.5, 0.6) is 0 Å². The molecule has 0 unspecified atom stereocenters. The highest BCUT2D eigenvalue weighted by Crippen LogP contribution is 2.64. The van der Waals surface area contributed by atoms with Crippen LogP contribution >= 0.6 is 0 Å². The van der Waals surface area contributed by atoms with Crippen molar-refractivity contribution < 1.29 is 0 Å². The van der Waals surface area contributed by atoms with Crippen molar-refractivity contribution in [2.75, 3.05) is 4.90 Å². The highest BCUT2D eigenvalue weighted by Gasteiger charge is 2.52. The monoisotopic (exact) mass is 824 g/mol. The highest BCUT2D eigenvalue weighted by molar-refractivity contribution is 6.16. The fourth-order valence-corrected chi connectivity index (χ4v) is 11.8. The predicted octanol–water partition coefficient (Wildman–Crippen LogP) is 16.6. The Morgan fingerprint density at radius 3 is 1.68 bits per heavy atom. The van der Waals surface area contributed by atoms with E-state index in [-0.39, 0.29) is 0 Å². The summed E-state index contributed by atoms with van der Waals surface area (Å²) >= 11 is 0. The molecule has 1 aromatic heterocycles. The van der Waals surface area contributed by atoms with E-state index in [1.165, 1.54) is 105 Å². The molecule has 11 aromatic carbocycles. The van der Waals surface area contributed by atoms with Crippen LogP contribution in [0.4, 0.5) is 17.1 Å². The Bertz CT molecular complexity index is 3850. The van der Waals surface area contributed by atoms with Crippen LogP contribution in [-0.2, 0) is 5.41 Å². The second kappa shape index (κ2) is 13.8. The van der Waals surface area contributed by atoms with E-state index >= 15 is 0 Å². The maximum Gasteiger partial charge on any atom is 0.0726 e. The fraction of sp³-hybridized carbons (Fsp3) is 0.0159. The number of hydrogen-bond acceptors (Lipinski definition) is 1. The van der Waals surface area contributed by atoms with Crippen molar-refractivity contribution in [2.24, 2.45) is 0 Å². The smallest absolute Gasteiger partial charge is 0.0726 e. The average Bonchev–Trinajstić information content (AvgIpc) is 3.99. The third kappa shape index (κ3) is 4.99. The zero-order valence-corrected chi connectivity index (χ0v) is 35.5. The van der Waals surface area contributed by atoms with Crippen LogP contribution in [0.1, 0.15) is 22.3 Å². The lowest BCUT2D eigenvalue weighted by Crippen LogP contribution is -2.26. The largest absolute Gasteiger partial charge is 0.309 e.